The van der Waals surface area contributed by atoms with Gasteiger partial charge in [0.1, 0.15) is 23.9 Å². The van der Waals surface area contributed by atoms with Crippen molar-refractivity contribution in [3.8, 4) is 5.75 Å². The topological polar surface area (TPSA) is 251 Å². The van der Waals surface area contributed by atoms with Crippen LogP contribution < -0.4 is 33.2 Å². The molecule has 0 saturated carbocycles. The Morgan fingerprint density at radius 1 is 0.913 bits per heavy atom. The van der Waals surface area contributed by atoms with Gasteiger partial charge >= 0.3 is 5.97 Å². The summed E-state index contributed by atoms with van der Waals surface area (Å²) >= 11 is 0. The van der Waals surface area contributed by atoms with E-state index in [0.29, 0.717) is 18.4 Å². The number of carboxylic acid groups (broad SMARTS) is 1. The molecule has 1 aromatic heterocycles. The van der Waals surface area contributed by atoms with Crippen LogP contribution in [0.4, 0.5) is 0 Å². The fourth-order valence-electron chi connectivity index (χ4n) is 4.97. The number of phenolic OH excluding ortho intramolecular Hbond substituents is 1. The van der Waals surface area contributed by atoms with E-state index in [2.05, 4.69) is 25.9 Å². The number of fused-ring (bicyclic) bond motifs is 1. The van der Waals surface area contributed by atoms with Crippen molar-refractivity contribution in [2.45, 2.75) is 70.1 Å². The van der Waals surface area contributed by atoms with Gasteiger partial charge in [-0.3, -0.25) is 19.4 Å². The molecule has 1 heterocycles. The lowest BCUT2D eigenvalue weighted by molar-refractivity contribution is -0.142. The number of aliphatic imine (C=N–C) groups is 1. The van der Waals surface area contributed by atoms with E-state index in [1.165, 1.54) is 12.1 Å². The van der Waals surface area contributed by atoms with Crippen LogP contribution in [-0.4, -0.2) is 75.6 Å². The number of benzene rings is 2. The molecule has 0 bridgehead atoms. The van der Waals surface area contributed by atoms with Crippen LogP contribution in [0.1, 0.15) is 44.2 Å². The van der Waals surface area contributed by atoms with Crippen molar-refractivity contribution in [3.63, 3.8) is 0 Å². The third kappa shape index (κ3) is 10.2. The molecule has 46 heavy (non-hydrogen) atoms. The van der Waals surface area contributed by atoms with E-state index in [1.54, 1.807) is 25.3 Å². The highest BCUT2D eigenvalue weighted by molar-refractivity contribution is 5.94. The molecule has 0 aliphatic carbocycles. The number of guanidine groups is 1. The summed E-state index contributed by atoms with van der Waals surface area (Å²) in [6.45, 7) is 3.80. The van der Waals surface area contributed by atoms with Gasteiger partial charge in [0.2, 0.25) is 17.7 Å². The summed E-state index contributed by atoms with van der Waals surface area (Å²) in [4.78, 5) is 59.4. The second kappa shape index (κ2) is 16.8. The molecular weight excluding hydrogens is 592 g/mol. The van der Waals surface area contributed by atoms with Crippen LogP contribution in [0.3, 0.4) is 0 Å². The van der Waals surface area contributed by atoms with E-state index in [0.717, 1.165) is 16.5 Å². The molecule has 2 aromatic carbocycles. The average Bonchev–Trinajstić information content (AvgIpc) is 3.43. The largest absolute Gasteiger partial charge is 0.508 e. The smallest absolute Gasteiger partial charge is 0.326 e. The van der Waals surface area contributed by atoms with Crippen LogP contribution in [0.2, 0.25) is 0 Å². The van der Waals surface area contributed by atoms with Crippen LogP contribution in [0.5, 0.6) is 5.75 Å². The molecule has 14 nitrogen and oxygen atoms in total. The van der Waals surface area contributed by atoms with Crippen molar-refractivity contribution in [1.82, 2.24) is 20.9 Å². The number of hydrogen-bond acceptors (Lipinski definition) is 7. The Balaban J connectivity index is 1.74. The molecule has 3 rings (SSSR count). The summed E-state index contributed by atoms with van der Waals surface area (Å²) in [6, 6.07) is 9.23. The van der Waals surface area contributed by atoms with E-state index < -0.39 is 47.9 Å². The lowest BCUT2D eigenvalue weighted by atomic mass is 9.96. The molecule has 12 N–H and O–H groups in total. The van der Waals surface area contributed by atoms with Crippen molar-refractivity contribution in [2.75, 3.05) is 6.54 Å². The molecule has 3 amide bonds. The number of carbonyl (C=O) groups excluding carboxylic acids is 3. The number of nitrogens with two attached hydrogens (primary N) is 3. The summed E-state index contributed by atoms with van der Waals surface area (Å²) in [5.41, 5.74) is 19.2. The number of carboxylic acids is 1. The van der Waals surface area contributed by atoms with Gasteiger partial charge in [-0.2, -0.15) is 0 Å². The number of aliphatic carboxylic acids is 1. The van der Waals surface area contributed by atoms with E-state index in [-0.39, 0.29) is 43.4 Å². The lowest BCUT2D eigenvalue weighted by Crippen LogP contribution is -2.59. The third-order valence-corrected chi connectivity index (χ3v) is 7.81. The molecule has 5 atom stereocenters. The normalized spacial score (nSPS) is 14.3. The quantitative estimate of drug-likeness (QED) is 0.0571. The SMILES string of the molecule is CCC(C)C(NC(=O)C(CCCN=C(N)N)NC(=O)C(N)Cc1ccc(O)cc1)C(=O)NC(Cc1c[nH]c2ccccc12)C(=O)O. The fraction of sp³-hybridized carbons (Fsp3) is 0.406. The first kappa shape index (κ1) is 35.4. The van der Waals surface area contributed by atoms with Crippen molar-refractivity contribution in [1.29, 1.82) is 0 Å². The van der Waals surface area contributed by atoms with Gasteiger partial charge in [-0.25, -0.2) is 4.79 Å². The zero-order chi connectivity index (χ0) is 33.8. The number of H-pyrrole nitrogens is 1. The second-order valence-corrected chi connectivity index (χ2v) is 11.3. The Bertz CT molecular complexity index is 1520. The number of phenols is 1. The predicted octanol–water partition coefficient (Wildman–Crippen LogP) is 0.625. The maximum atomic E-state index is 13.6. The van der Waals surface area contributed by atoms with Crippen LogP contribution >= 0.6 is 0 Å². The molecule has 3 aromatic rings. The molecular formula is C32H44N8O6. The van der Waals surface area contributed by atoms with Gasteiger partial charge in [-0.05, 0) is 54.5 Å². The van der Waals surface area contributed by atoms with Crippen LogP contribution in [0, 0.1) is 5.92 Å². The molecule has 248 valence electrons. The van der Waals surface area contributed by atoms with Crippen molar-refractivity contribution >= 4 is 40.6 Å². The number of aromatic nitrogens is 1. The number of nitrogens with one attached hydrogen (secondary N) is 4. The van der Waals surface area contributed by atoms with Gasteiger partial charge < -0.3 is 48.3 Å². The summed E-state index contributed by atoms with van der Waals surface area (Å²) in [5.74, 6) is -3.53. The molecule has 0 aliphatic rings. The average molecular weight is 637 g/mol. The van der Waals surface area contributed by atoms with Gasteiger partial charge in [0.05, 0.1) is 6.04 Å². The van der Waals surface area contributed by atoms with E-state index in [1.807, 2.05) is 31.2 Å². The Morgan fingerprint density at radius 3 is 2.24 bits per heavy atom. The maximum absolute atomic E-state index is 13.6. The molecule has 0 radical (unpaired) electrons. The minimum atomic E-state index is -1.26. The monoisotopic (exact) mass is 636 g/mol. The first-order valence-corrected chi connectivity index (χ1v) is 15.2. The van der Waals surface area contributed by atoms with Gasteiger partial charge in [0.25, 0.3) is 0 Å². The van der Waals surface area contributed by atoms with Gasteiger partial charge in [0.15, 0.2) is 5.96 Å². The molecule has 0 fully saturated rings. The van der Waals surface area contributed by atoms with E-state index >= 15 is 0 Å². The predicted molar refractivity (Wildman–Crippen MR) is 175 cm³/mol. The standard InChI is InChI=1S/C32H44N8O6/c1-3-18(2)27(30(44)39-26(31(45)46)16-20-17-37-24-8-5-4-7-22(20)24)40-29(43)25(9-6-14-36-32(34)35)38-28(42)23(33)15-19-10-12-21(41)13-11-19/h4-5,7-8,10-13,17-18,23,25-27,37,41H,3,6,9,14-16,33H2,1-2H3,(H,38,42)(H,39,44)(H,40,43)(H,45,46)(H4,34,35,36). The highest BCUT2D eigenvalue weighted by Crippen LogP contribution is 2.20. The molecule has 0 aliphatic heterocycles. The number of aromatic amines is 1. The van der Waals surface area contributed by atoms with Crippen LogP contribution in [-0.2, 0) is 32.0 Å². The fourth-order valence-corrected chi connectivity index (χ4v) is 4.97. The van der Waals surface area contributed by atoms with Crippen molar-refractivity contribution in [3.05, 3.63) is 65.9 Å². The molecule has 0 saturated heterocycles. The minimum absolute atomic E-state index is 0.0225. The minimum Gasteiger partial charge on any atom is -0.508 e. The number of nitrogens with zero attached hydrogens (tertiary/aromatic N) is 1. The number of aromatic hydroxyl groups is 1. The first-order chi connectivity index (χ1) is 21.9. The Hall–Kier alpha value is -5.11. The van der Waals surface area contributed by atoms with E-state index in [4.69, 9.17) is 17.2 Å². The highest BCUT2D eigenvalue weighted by Gasteiger charge is 2.33. The zero-order valence-electron chi connectivity index (χ0n) is 26.0. The van der Waals surface area contributed by atoms with Gasteiger partial charge in [0, 0.05) is 30.1 Å². The summed E-state index contributed by atoms with van der Waals surface area (Å²) in [5, 5.41) is 28.3. The highest BCUT2D eigenvalue weighted by atomic mass is 16.4. The first-order valence-electron chi connectivity index (χ1n) is 15.2. The number of para-hydroxylation sites is 1. The van der Waals surface area contributed by atoms with Gasteiger partial charge in [-0.1, -0.05) is 50.6 Å². The van der Waals surface area contributed by atoms with Crippen molar-refractivity contribution < 1.29 is 29.4 Å². The summed E-state index contributed by atoms with van der Waals surface area (Å²) < 4.78 is 0. The summed E-state index contributed by atoms with van der Waals surface area (Å²) in [7, 11) is 0. The number of rotatable bonds is 17. The molecule has 14 heteroatoms. The Kier molecular flexibility index (Phi) is 12.9. The Labute approximate surface area is 267 Å². The number of amides is 3. The molecule has 0 spiro atoms. The van der Waals surface area contributed by atoms with Crippen LogP contribution in [0.15, 0.2) is 59.7 Å². The lowest BCUT2D eigenvalue weighted by Gasteiger charge is -2.28. The second-order valence-electron chi connectivity index (χ2n) is 11.3. The van der Waals surface area contributed by atoms with Gasteiger partial charge in [-0.15, -0.1) is 0 Å². The maximum Gasteiger partial charge on any atom is 0.326 e. The number of hydrogen-bond donors (Lipinski definition) is 9. The Morgan fingerprint density at radius 2 is 1.59 bits per heavy atom. The van der Waals surface area contributed by atoms with E-state index in [9.17, 15) is 29.4 Å². The van der Waals surface area contributed by atoms with Crippen LogP contribution in [0.25, 0.3) is 10.9 Å². The number of carbonyl (C=O) groups is 4. The third-order valence-electron chi connectivity index (χ3n) is 7.81. The zero-order valence-corrected chi connectivity index (χ0v) is 26.0. The van der Waals surface area contributed by atoms with Crippen molar-refractivity contribution in [2.24, 2.45) is 28.1 Å². The molecule has 5 unspecified atom stereocenters. The summed E-state index contributed by atoms with van der Waals surface area (Å²) in [6.07, 6.45) is 2.84.